The number of benzene rings is 1. The number of rotatable bonds is 5. The molecule has 2 aromatic heterocycles. The Labute approximate surface area is 168 Å². The van der Waals surface area contributed by atoms with Gasteiger partial charge in [0.2, 0.25) is 0 Å². The normalized spacial score (nSPS) is 12.8. The van der Waals surface area contributed by atoms with Crippen LogP contribution in [-0.2, 0) is 13.2 Å². The van der Waals surface area contributed by atoms with Crippen molar-refractivity contribution in [2.75, 3.05) is 12.0 Å². The first-order chi connectivity index (χ1) is 13.5. The van der Waals surface area contributed by atoms with E-state index in [9.17, 15) is 9.18 Å². The molecule has 0 aliphatic carbocycles. The maximum Gasteiger partial charge on any atom is 0.260 e. The van der Waals surface area contributed by atoms with Gasteiger partial charge in [-0.15, -0.1) is 0 Å². The minimum absolute atomic E-state index is 0.00606. The predicted molar refractivity (Wildman–Crippen MR) is 102 cm³/mol. The van der Waals surface area contributed by atoms with Crippen LogP contribution in [0.2, 0.25) is 0 Å². The molecule has 28 heavy (non-hydrogen) atoms. The standard InChI is InChI=1S/C19H14BrFN4O3/c1-27-13-3-2-12(22-6-13)10-28-16-5-14-11(4-15(16)21)9-25(19(14)26)18-8-23-17(20)7-24-18/h2-8H,9-10H2,1H3. The molecule has 0 bridgehead atoms. The monoisotopic (exact) mass is 444 g/mol. The number of aromatic nitrogens is 3. The topological polar surface area (TPSA) is 77.4 Å². The first kappa shape index (κ1) is 18.3. The zero-order valence-electron chi connectivity index (χ0n) is 14.7. The molecule has 0 atom stereocenters. The molecule has 1 aliphatic heterocycles. The van der Waals surface area contributed by atoms with Gasteiger partial charge in [-0.2, -0.15) is 0 Å². The Kier molecular flexibility index (Phi) is 4.91. The van der Waals surface area contributed by atoms with Crippen LogP contribution in [-0.4, -0.2) is 28.0 Å². The number of carbonyl (C=O) groups excluding carboxylic acids is 1. The third kappa shape index (κ3) is 3.53. The molecule has 4 rings (SSSR count). The van der Waals surface area contributed by atoms with Gasteiger partial charge in [0.25, 0.3) is 5.91 Å². The highest BCUT2D eigenvalue weighted by Crippen LogP contribution is 2.32. The zero-order valence-corrected chi connectivity index (χ0v) is 16.3. The number of halogens is 2. The molecular weight excluding hydrogens is 431 g/mol. The van der Waals surface area contributed by atoms with Crippen molar-refractivity contribution in [2.24, 2.45) is 0 Å². The fourth-order valence-corrected chi connectivity index (χ4v) is 3.03. The number of nitrogens with zero attached hydrogens (tertiary/aromatic N) is 4. The second-order valence-electron chi connectivity index (χ2n) is 6.01. The van der Waals surface area contributed by atoms with Crippen molar-refractivity contribution in [3.05, 3.63) is 70.1 Å². The van der Waals surface area contributed by atoms with E-state index < -0.39 is 5.82 Å². The summed E-state index contributed by atoms with van der Waals surface area (Å²) in [6.45, 7) is 0.289. The summed E-state index contributed by atoms with van der Waals surface area (Å²) in [5.74, 6) is 0.195. The molecule has 0 saturated carbocycles. The van der Waals surface area contributed by atoms with Crippen molar-refractivity contribution in [3.8, 4) is 11.5 Å². The minimum Gasteiger partial charge on any atom is -0.495 e. The van der Waals surface area contributed by atoms with E-state index in [-0.39, 0.29) is 24.8 Å². The SMILES string of the molecule is COc1ccc(COc2cc3c(cc2F)CN(c2cnc(Br)cn2)C3=O)nc1. The molecule has 0 unspecified atom stereocenters. The van der Waals surface area contributed by atoms with E-state index in [1.54, 1.807) is 25.4 Å². The van der Waals surface area contributed by atoms with E-state index >= 15 is 0 Å². The van der Waals surface area contributed by atoms with Gasteiger partial charge in [0.05, 0.1) is 37.9 Å². The average Bonchev–Trinajstić information content (AvgIpc) is 3.02. The highest BCUT2D eigenvalue weighted by molar-refractivity contribution is 9.10. The Bertz CT molecular complexity index is 1030. The minimum atomic E-state index is -0.538. The van der Waals surface area contributed by atoms with Crippen LogP contribution >= 0.6 is 15.9 Å². The average molecular weight is 445 g/mol. The Morgan fingerprint density at radius 2 is 2.04 bits per heavy atom. The first-order valence-electron chi connectivity index (χ1n) is 8.28. The molecule has 0 spiro atoms. The molecule has 0 saturated heterocycles. The van der Waals surface area contributed by atoms with Crippen molar-refractivity contribution in [2.45, 2.75) is 13.2 Å². The lowest BCUT2D eigenvalue weighted by atomic mass is 10.1. The molecule has 0 fully saturated rings. The molecule has 7 nitrogen and oxygen atoms in total. The number of hydrogen-bond acceptors (Lipinski definition) is 6. The van der Waals surface area contributed by atoms with Crippen LogP contribution in [0.3, 0.4) is 0 Å². The number of carbonyl (C=O) groups is 1. The van der Waals surface area contributed by atoms with Crippen LogP contribution in [0, 0.1) is 5.82 Å². The quantitative estimate of drug-likeness (QED) is 0.598. The maximum atomic E-state index is 14.4. The summed E-state index contributed by atoms with van der Waals surface area (Å²) < 4.78 is 25.6. The summed E-state index contributed by atoms with van der Waals surface area (Å²) in [6, 6.07) is 6.20. The number of fused-ring (bicyclic) bond motifs is 1. The molecular formula is C19H14BrFN4O3. The Morgan fingerprint density at radius 3 is 2.71 bits per heavy atom. The van der Waals surface area contributed by atoms with Crippen LogP contribution in [0.25, 0.3) is 0 Å². The van der Waals surface area contributed by atoms with Gasteiger partial charge in [-0.1, -0.05) is 0 Å². The van der Waals surface area contributed by atoms with Crippen LogP contribution in [0.5, 0.6) is 11.5 Å². The second-order valence-corrected chi connectivity index (χ2v) is 6.82. The van der Waals surface area contributed by atoms with Crippen molar-refractivity contribution in [1.29, 1.82) is 0 Å². The molecule has 0 N–H and O–H groups in total. The molecule has 1 aliphatic rings. The van der Waals surface area contributed by atoms with Gasteiger partial charge in [0.15, 0.2) is 17.4 Å². The molecule has 0 radical (unpaired) electrons. The highest BCUT2D eigenvalue weighted by Gasteiger charge is 2.31. The molecule has 9 heteroatoms. The lowest BCUT2D eigenvalue weighted by Gasteiger charge is -2.13. The summed E-state index contributed by atoms with van der Waals surface area (Å²) in [5.41, 5.74) is 1.56. The lowest BCUT2D eigenvalue weighted by molar-refractivity contribution is 0.0995. The van der Waals surface area contributed by atoms with Gasteiger partial charge in [-0.25, -0.2) is 14.4 Å². The number of amides is 1. The maximum absolute atomic E-state index is 14.4. The third-order valence-corrected chi connectivity index (χ3v) is 4.66. The van der Waals surface area contributed by atoms with E-state index in [0.29, 0.717) is 33.0 Å². The zero-order chi connectivity index (χ0) is 19.7. The van der Waals surface area contributed by atoms with Gasteiger partial charge in [-0.05, 0) is 45.8 Å². The lowest BCUT2D eigenvalue weighted by Crippen LogP contribution is -2.24. The molecule has 3 aromatic rings. The number of methoxy groups -OCH3 is 1. The van der Waals surface area contributed by atoms with Gasteiger partial charge < -0.3 is 9.47 Å². The molecule has 1 amide bonds. The molecule has 142 valence electrons. The van der Waals surface area contributed by atoms with Crippen molar-refractivity contribution in [3.63, 3.8) is 0 Å². The van der Waals surface area contributed by atoms with Crippen molar-refractivity contribution < 1.29 is 18.7 Å². The summed E-state index contributed by atoms with van der Waals surface area (Å²) in [4.78, 5) is 26.6. The van der Waals surface area contributed by atoms with Gasteiger partial charge in [0.1, 0.15) is 17.0 Å². The highest BCUT2D eigenvalue weighted by atomic mass is 79.9. The number of ether oxygens (including phenoxy) is 2. The van der Waals surface area contributed by atoms with Crippen LogP contribution in [0.1, 0.15) is 21.6 Å². The Balaban J connectivity index is 1.53. The van der Waals surface area contributed by atoms with Crippen LogP contribution in [0.15, 0.2) is 47.5 Å². The van der Waals surface area contributed by atoms with E-state index in [1.807, 2.05) is 0 Å². The second kappa shape index (κ2) is 7.51. The molecule has 3 heterocycles. The fraction of sp³-hybridized carbons (Fsp3) is 0.158. The first-order valence-corrected chi connectivity index (χ1v) is 9.08. The van der Waals surface area contributed by atoms with E-state index in [2.05, 4.69) is 30.9 Å². The summed E-state index contributed by atoms with van der Waals surface area (Å²) in [7, 11) is 1.55. The largest absolute Gasteiger partial charge is 0.495 e. The Morgan fingerprint density at radius 1 is 1.18 bits per heavy atom. The van der Waals surface area contributed by atoms with Crippen LogP contribution in [0.4, 0.5) is 10.2 Å². The molecule has 1 aromatic carbocycles. The van der Waals surface area contributed by atoms with E-state index in [4.69, 9.17) is 9.47 Å². The van der Waals surface area contributed by atoms with Gasteiger partial charge in [-0.3, -0.25) is 14.7 Å². The predicted octanol–water partition coefficient (Wildman–Crippen LogP) is 3.52. The fourth-order valence-electron chi connectivity index (χ4n) is 2.82. The number of anilines is 1. The van der Waals surface area contributed by atoms with Crippen molar-refractivity contribution >= 4 is 27.7 Å². The van der Waals surface area contributed by atoms with E-state index in [0.717, 1.165) is 0 Å². The Hall–Kier alpha value is -3.07. The van der Waals surface area contributed by atoms with Gasteiger partial charge in [0, 0.05) is 5.56 Å². The van der Waals surface area contributed by atoms with Gasteiger partial charge >= 0.3 is 0 Å². The van der Waals surface area contributed by atoms with Crippen molar-refractivity contribution in [1.82, 2.24) is 15.0 Å². The van der Waals surface area contributed by atoms with E-state index in [1.165, 1.54) is 29.4 Å². The summed E-state index contributed by atoms with van der Waals surface area (Å²) in [5, 5.41) is 0. The smallest absolute Gasteiger partial charge is 0.260 e. The summed E-state index contributed by atoms with van der Waals surface area (Å²) >= 11 is 3.21. The summed E-state index contributed by atoms with van der Waals surface area (Å²) in [6.07, 6.45) is 4.54. The number of pyridine rings is 1. The third-order valence-electron chi connectivity index (χ3n) is 4.25. The number of hydrogen-bond donors (Lipinski definition) is 0. The van der Waals surface area contributed by atoms with Crippen LogP contribution < -0.4 is 14.4 Å².